The number of hydrogen-bond acceptors (Lipinski definition) is 8. The molecule has 0 saturated carbocycles. The average molecular weight is 542 g/mol. The summed E-state index contributed by atoms with van der Waals surface area (Å²) in [4.78, 5) is 24.7. The molecule has 0 aromatic heterocycles. The van der Waals surface area contributed by atoms with E-state index in [-0.39, 0.29) is 12.8 Å². The Balaban J connectivity index is 1.28. The van der Waals surface area contributed by atoms with Gasteiger partial charge < -0.3 is 0 Å². The van der Waals surface area contributed by atoms with Gasteiger partial charge in [-0.3, -0.25) is 0 Å². The molecule has 39 heavy (non-hydrogen) atoms. The number of methoxy groups -OCH3 is 2. The summed E-state index contributed by atoms with van der Waals surface area (Å²) < 4.78 is 32.9. The second kappa shape index (κ2) is 13.9. The maximum absolute atomic E-state index is 12.4. The van der Waals surface area contributed by atoms with Gasteiger partial charge in [0.05, 0.1) is 0 Å². The van der Waals surface area contributed by atoms with Crippen LogP contribution in [0.2, 0.25) is 0 Å². The predicted octanol–water partition coefficient (Wildman–Crippen LogP) is 5.69. The van der Waals surface area contributed by atoms with E-state index in [4.69, 9.17) is 26.5 Å². The van der Waals surface area contributed by atoms with Crippen LogP contribution in [0.25, 0.3) is 0 Å². The van der Waals surface area contributed by atoms with Gasteiger partial charge in [-0.2, -0.15) is 0 Å². The number of rotatable bonds is 12. The molecule has 4 rings (SSSR count). The first-order valence-corrected chi connectivity index (χ1v) is 13.0. The summed E-state index contributed by atoms with van der Waals surface area (Å²) in [5, 5.41) is 0. The Kier molecular flexibility index (Phi) is 9.84. The Morgan fingerprint density at radius 2 is 0.974 bits per heavy atom. The van der Waals surface area contributed by atoms with Crippen molar-refractivity contribution >= 4 is 27.8 Å². The molecule has 8 nitrogen and oxygen atoms in total. The molecule has 9 heteroatoms. The first-order chi connectivity index (χ1) is 19.0. The quantitative estimate of drug-likeness (QED) is 0.211. The Morgan fingerprint density at radius 1 is 0.564 bits per heavy atom. The normalized spacial score (nSPS) is 10.1. The third-order valence-electron chi connectivity index (χ3n) is 5.45. The molecular weight excluding hydrogens is 515 g/mol. The molecule has 0 radical (unpaired) electrons. The Bertz CT molecular complexity index is 1290. The van der Waals surface area contributed by atoms with E-state index in [0.29, 0.717) is 45.6 Å². The molecule has 4 aromatic carbocycles. The monoisotopic (exact) mass is 541 g/mol. The number of hydrogen-bond donors (Lipinski definition) is 0. The fraction of sp³-hybridized carbons (Fsp3) is 0.133. The number of para-hydroxylation sites is 2. The fourth-order valence-corrected chi connectivity index (χ4v) is 4.03. The van der Waals surface area contributed by atoms with Gasteiger partial charge in [-0.25, -0.2) is 0 Å². The van der Waals surface area contributed by atoms with Gasteiger partial charge in [0, 0.05) is 0 Å². The molecule has 0 fully saturated rings. The zero-order valence-electron chi connectivity index (χ0n) is 21.5. The van der Waals surface area contributed by atoms with E-state index in [0.717, 1.165) is 0 Å². The molecule has 0 unspecified atom stereocenters. The summed E-state index contributed by atoms with van der Waals surface area (Å²) in [5.74, 6) is 2.27. The van der Waals surface area contributed by atoms with E-state index in [1.165, 1.54) is 0 Å². The van der Waals surface area contributed by atoms with E-state index in [1.54, 1.807) is 50.6 Å². The van der Waals surface area contributed by atoms with Crippen molar-refractivity contribution in [2.75, 3.05) is 14.2 Å². The summed E-state index contributed by atoms with van der Waals surface area (Å²) in [6, 6.07) is 28.9. The molecule has 0 aliphatic rings. The standard InChI is InChI=1S/2C15H14O4.Al/c2*1-18-13-8-7-11(10-15(16)17)9-14(13)19-12-5-3-2-4-6-12;/h2*2-9H,10H2,1H3,(H,16,17);/q;;+3/p-2. The van der Waals surface area contributed by atoms with E-state index in [9.17, 15) is 9.59 Å². The zero-order valence-corrected chi connectivity index (χ0v) is 22.6. The van der Waals surface area contributed by atoms with E-state index < -0.39 is 27.8 Å². The molecule has 196 valence electrons. The van der Waals surface area contributed by atoms with Crippen LogP contribution in [-0.4, -0.2) is 42.0 Å². The third kappa shape index (κ3) is 8.27. The molecule has 0 aliphatic carbocycles. The second-order valence-corrected chi connectivity index (χ2v) is 8.89. The molecule has 0 heterocycles. The zero-order chi connectivity index (χ0) is 27.5. The van der Waals surface area contributed by atoms with Crippen LogP contribution in [-0.2, 0) is 30.0 Å². The van der Waals surface area contributed by atoms with Crippen molar-refractivity contribution in [3.63, 3.8) is 0 Å². The number of benzene rings is 4. The van der Waals surface area contributed by atoms with Crippen LogP contribution in [0.4, 0.5) is 0 Å². The van der Waals surface area contributed by atoms with Crippen LogP contribution in [0.5, 0.6) is 34.5 Å². The van der Waals surface area contributed by atoms with Crippen molar-refractivity contribution in [3.05, 3.63) is 108 Å². The summed E-state index contributed by atoms with van der Waals surface area (Å²) in [5.41, 5.74) is 1.34. The molecule has 0 spiro atoms. The Morgan fingerprint density at radius 3 is 1.36 bits per heavy atom. The minimum absolute atomic E-state index is 0.0155. The number of ether oxygens (including phenoxy) is 4. The minimum atomic E-state index is -1.32. The van der Waals surface area contributed by atoms with E-state index in [2.05, 4.69) is 0 Å². The van der Waals surface area contributed by atoms with Crippen LogP contribution < -0.4 is 18.9 Å². The molecule has 4 aromatic rings. The molecule has 0 atom stereocenters. The van der Waals surface area contributed by atoms with Crippen molar-refractivity contribution < 1.29 is 36.1 Å². The van der Waals surface area contributed by atoms with Crippen molar-refractivity contribution in [2.24, 2.45) is 0 Å². The van der Waals surface area contributed by atoms with Gasteiger partial charge in [-0.05, 0) is 0 Å². The summed E-state index contributed by atoms with van der Waals surface area (Å²) >= 11 is -1.32. The van der Waals surface area contributed by atoms with Gasteiger partial charge in [-0.1, -0.05) is 0 Å². The van der Waals surface area contributed by atoms with Crippen molar-refractivity contribution in [2.45, 2.75) is 12.8 Å². The van der Waals surface area contributed by atoms with Crippen molar-refractivity contribution in [1.29, 1.82) is 0 Å². The van der Waals surface area contributed by atoms with Crippen LogP contribution in [0.1, 0.15) is 11.1 Å². The van der Waals surface area contributed by atoms with Gasteiger partial charge >= 0.3 is 234 Å². The average Bonchev–Trinajstić information content (AvgIpc) is 2.94. The van der Waals surface area contributed by atoms with Gasteiger partial charge in [0.15, 0.2) is 0 Å². The van der Waals surface area contributed by atoms with Crippen LogP contribution >= 0.6 is 0 Å². The van der Waals surface area contributed by atoms with Gasteiger partial charge in [-0.15, -0.1) is 0 Å². The summed E-state index contributed by atoms with van der Waals surface area (Å²) in [6.45, 7) is 0. The van der Waals surface area contributed by atoms with Crippen LogP contribution in [0.15, 0.2) is 97.1 Å². The van der Waals surface area contributed by atoms with E-state index in [1.807, 2.05) is 60.7 Å². The predicted molar refractivity (Wildman–Crippen MR) is 144 cm³/mol. The third-order valence-corrected chi connectivity index (χ3v) is 6.17. The number of carbonyl (C=O) groups is 2. The van der Waals surface area contributed by atoms with E-state index >= 15 is 0 Å². The Labute approximate surface area is 233 Å². The Hall–Kier alpha value is -4.45. The molecular formula is C30H26AlO8+. The maximum atomic E-state index is 12.4. The van der Waals surface area contributed by atoms with Crippen LogP contribution in [0.3, 0.4) is 0 Å². The first-order valence-electron chi connectivity index (χ1n) is 12.0. The van der Waals surface area contributed by atoms with Gasteiger partial charge in [0.2, 0.25) is 0 Å². The fourth-order valence-electron chi connectivity index (χ4n) is 3.60. The molecule has 0 amide bonds. The van der Waals surface area contributed by atoms with Gasteiger partial charge in [0.25, 0.3) is 0 Å². The molecule has 0 N–H and O–H groups in total. The molecule has 0 aliphatic heterocycles. The van der Waals surface area contributed by atoms with Crippen LogP contribution in [0, 0.1) is 0 Å². The van der Waals surface area contributed by atoms with Gasteiger partial charge in [0.1, 0.15) is 0 Å². The number of carbonyl (C=O) groups excluding carboxylic acids is 2. The molecule has 0 bridgehead atoms. The molecule has 0 saturated heterocycles. The topological polar surface area (TPSA) is 89.5 Å². The second-order valence-electron chi connectivity index (χ2n) is 8.23. The summed E-state index contributed by atoms with van der Waals surface area (Å²) in [6.07, 6.45) is -0.0310. The summed E-state index contributed by atoms with van der Waals surface area (Å²) in [7, 11) is 3.09. The SMILES string of the molecule is COc1ccc(CC(=O)[O][Al+][O]C(=O)Cc2ccc(OC)c(Oc3ccccc3)c2)cc1Oc1ccccc1. The first kappa shape index (κ1) is 27.6. The van der Waals surface area contributed by atoms with Crippen molar-refractivity contribution in [1.82, 2.24) is 0 Å². The van der Waals surface area contributed by atoms with Crippen molar-refractivity contribution in [3.8, 4) is 34.5 Å².